The average Bonchev–Trinajstić information content (AvgIpc) is 3.45. The van der Waals surface area contributed by atoms with Gasteiger partial charge in [0.05, 0.1) is 5.52 Å². The topological polar surface area (TPSA) is 43.6 Å². The molecule has 140 valence electrons. The molecule has 4 aromatic rings. The maximum Gasteiger partial charge on any atom is 0.160 e. The van der Waals surface area contributed by atoms with Gasteiger partial charge in [-0.15, -0.1) is 0 Å². The number of halogens is 1. The highest BCUT2D eigenvalue weighted by Gasteiger charge is 2.37. The molecule has 0 radical (unpaired) electrons. The van der Waals surface area contributed by atoms with Gasteiger partial charge in [-0.3, -0.25) is 4.98 Å². The second-order valence-corrected chi connectivity index (χ2v) is 8.30. The molecule has 2 saturated carbocycles. The van der Waals surface area contributed by atoms with Gasteiger partial charge in [0, 0.05) is 29.2 Å². The highest BCUT2D eigenvalue weighted by molar-refractivity contribution is 5.78. The second kappa shape index (κ2) is 6.09. The van der Waals surface area contributed by atoms with Gasteiger partial charge in [0.1, 0.15) is 17.2 Å². The summed E-state index contributed by atoms with van der Waals surface area (Å²) in [6.45, 7) is 0. The summed E-state index contributed by atoms with van der Waals surface area (Å²) in [6, 6.07) is 13.4. The minimum absolute atomic E-state index is 0.212. The van der Waals surface area contributed by atoms with Gasteiger partial charge >= 0.3 is 0 Å². The molecular formula is C23H21FN4. The molecule has 0 amide bonds. The van der Waals surface area contributed by atoms with E-state index >= 15 is 0 Å². The second-order valence-electron chi connectivity index (χ2n) is 8.30. The van der Waals surface area contributed by atoms with Crippen molar-refractivity contribution in [2.45, 2.75) is 44.1 Å². The van der Waals surface area contributed by atoms with E-state index in [0.717, 1.165) is 47.0 Å². The first-order chi connectivity index (χ1) is 13.7. The number of nitrogens with zero attached hydrogens (tertiary/aromatic N) is 4. The van der Waals surface area contributed by atoms with Crippen LogP contribution in [-0.4, -0.2) is 19.5 Å². The number of fused-ring (bicyclic) bond motifs is 2. The van der Waals surface area contributed by atoms with Crippen molar-refractivity contribution in [3.05, 3.63) is 66.0 Å². The monoisotopic (exact) mass is 372 g/mol. The van der Waals surface area contributed by atoms with Crippen LogP contribution in [0.15, 0.2) is 48.7 Å². The molecule has 0 unspecified atom stereocenters. The molecule has 6 rings (SSSR count). The molecule has 5 heteroatoms. The van der Waals surface area contributed by atoms with Crippen molar-refractivity contribution in [1.82, 2.24) is 19.5 Å². The number of hydrogen-bond acceptors (Lipinski definition) is 3. The fourth-order valence-corrected chi connectivity index (χ4v) is 4.56. The lowest BCUT2D eigenvalue weighted by Crippen LogP contribution is -2.29. The lowest BCUT2D eigenvalue weighted by atomic mass is 9.77. The highest BCUT2D eigenvalue weighted by atomic mass is 19.1. The van der Waals surface area contributed by atoms with E-state index in [1.54, 1.807) is 12.1 Å². The van der Waals surface area contributed by atoms with Crippen LogP contribution >= 0.6 is 0 Å². The Bertz CT molecular complexity index is 1190. The number of imidazole rings is 1. The molecular weight excluding hydrogens is 351 g/mol. The van der Waals surface area contributed by atoms with Gasteiger partial charge in [0.2, 0.25) is 0 Å². The molecule has 0 saturated heterocycles. The van der Waals surface area contributed by atoms with Crippen molar-refractivity contribution in [3.63, 3.8) is 0 Å². The minimum Gasteiger partial charge on any atom is -0.309 e. The molecule has 0 atom stereocenters. The Labute approximate surface area is 162 Å². The first-order valence-corrected chi connectivity index (χ1v) is 10.1. The molecule has 0 bridgehead atoms. The fourth-order valence-electron chi connectivity index (χ4n) is 4.56. The van der Waals surface area contributed by atoms with Crippen LogP contribution in [0.5, 0.6) is 0 Å². The van der Waals surface area contributed by atoms with E-state index in [4.69, 9.17) is 9.97 Å². The largest absolute Gasteiger partial charge is 0.309 e. The van der Waals surface area contributed by atoms with Crippen LogP contribution in [0.1, 0.15) is 49.2 Å². The Morgan fingerprint density at radius 1 is 1.00 bits per heavy atom. The summed E-state index contributed by atoms with van der Waals surface area (Å²) in [6.07, 6.45) is 7.63. The van der Waals surface area contributed by atoms with Crippen molar-refractivity contribution in [2.24, 2.45) is 5.92 Å². The predicted molar refractivity (Wildman–Crippen MR) is 107 cm³/mol. The van der Waals surface area contributed by atoms with Crippen molar-refractivity contribution in [3.8, 4) is 0 Å². The van der Waals surface area contributed by atoms with E-state index in [0.29, 0.717) is 17.9 Å². The Hall–Kier alpha value is -2.82. The summed E-state index contributed by atoms with van der Waals surface area (Å²) in [4.78, 5) is 14.2. The Balaban J connectivity index is 1.22. The van der Waals surface area contributed by atoms with E-state index in [1.165, 1.54) is 24.7 Å². The average molecular weight is 372 g/mol. The highest BCUT2D eigenvalue weighted by Crippen LogP contribution is 2.47. The SMILES string of the molecule is Fc1ccc2nc(CC3CC(n4c(C5CC5)nc5cccnc54)C3)ccc2c1. The summed E-state index contributed by atoms with van der Waals surface area (Å²) < 4.78 is 15.8. The Kier molecular flexibility index (Phi) is 3.52. The standard InChI is InChI=1S/C23H21FN4/c24-17-6-8-20-16(13-17)5-7-18(26-20)10-14-11-19(12-14)28-22(15-3-4-15)27-21-2-1-9-25-23(21)28/h1-2,5-9,13-15,19H,3-4,10-12H2. The van der Waals surface area contributed by atoms with Crippen molar-refractivity contribution >= 4 is 22.1 Å². The van der Waals surface area contributed by atoms with E-state index in [9.17, 15) is 4.39 Å². The normalized spacial score (nSPS) is 21.9. The quantitative estimate of drug-likeness (QED) is 0.495. The fraction of sp³-hybridized carbons (Fsp3) is 0.348. The molecule has 1 aromatic carbocycles. The zero-order valence-electron chi connectivity index (χ0n) is 15.6. The third kappa shape index (κ3) is 2.68. The lowest BCUT2D eigenvalue weighted by molar-refractivity contribution is 0.195. The van der Waals surface area contributed by atoms with E-state index in [2.05, 4.69) is 15.6 Å². The maximum atomic E-state index is 13.4. The van der Waals surface area contributed by atoms with Crippen LogP contribution in [0.4, 0.5) is 4.39 Å². The van der Waals surface area contributed by atoms with E-state index in [-0.39, 0.29) is 5.82 Å². The van der Waals surface area contributed by atoms with Gasteiger partial charge in [0.15, 0.2) is 5.65 Å². The van der Waals surface area contributed by atoms with Crippen LogP contribution in [0, 0.1) is 11.7 Å². The van der Waals surface area contributed by atoms with Gasteiger partial charge in [-0.2, -0.15) is 0 Å². The zero-order chi connectivity index (χ0) is 18.7. The molecule has 28 heavy (non-hydrogen) atoms. The molecule has 3 heterocycles. The number of aromatic nitrogens is 4. The van der Waals surface area contributed by atoms with Crippen molar-refractivity contribution in [1.29, 1.82) is 0 Å². The maximum absolute atomic E-state index is 13.4. The number of hydrogen-bond donors (Lipinski definition) is 0. The Morgan fingerprint density at radius 3 is 2.75 bits per heavy atom. The van der Waals surface area contributed by atoms with Crippen LogP contribution in [0.3, 0.4) is 0 Å². The molecule has 2 aliphatic rings. The predicted octanol–water partition coefficient (Wildman–Crippen LogP) is 5.19. The van der Waals surface area contributed by atoms with Crippen molar-refractivity contribution < 1.29 is 4.39 Å². The van der Waals surface area contributed by atoms with E-state index < -0.39 is 0 Å². The van der Waals surface area contributed by atoms with Crippen LogP contribution in [0.2, 0.25) is 0 Å². The summed E-state index contributed by atoms with van der Waals surface area (Å²) in [7, 11) is 0. The molecule has 0 N–H and O–H groups in total. The van der Waals surface area contributed by atoms with Gasteiger partial charge in [0.25, 0.3) is 0 Å². The number of rotatable bonds is 4. The molecule has 0 aliphatic heterocycles. The molecule has 2 aliphatic carbocycles. The van der Waals surface area contributed by atoms with E-state index in [1.807, 2.05) is 24.4 Å². The first-order valence-electron chi connectivity index (χ1n) is 10.1. The smallest absolute Gasteiger partial charge is 0.160 e. The lowest BCUT2D eigenvalue weighted by Gasteiger charge is -2.37. The summed E-state index contributed by atoms with van der Waals surface area (Å²) in [5.41, 5.74) is 4.03. The van der Waals surface area contributed by atoms with Gasteiger partial charge in [-0.25, -0.2) is 14.4 Å². The summed E-state index contributed by atoms with van der Waals surface area (Å²) >= 11 is 0. The molecule has 0 spiro atoms. The van der Waals surface area contributed by atoms with Gasteiger partial charge in [-0.05, 0) is 74.4 Å². The zero-order valence-corrected chi connectivity index (χ0v) is 15.6. The molecule has 4 nitrogen and oxygen atoms in total. The molecule has 2 fully saturated rings. The van der Waals surface area contributed by atoms with Gasteiger partial charge < -0.3 is 4.57 Å². The summed E-state index contributed by atoms with van der Waals surface area (Å²) in [5, 5.41) is 0.861. The van der Waals surface area contributed by atoms with Crippen LogP contribution in [-0.2, 0) is 6.42 Å². The third-order valence-electron chi connectivity index (χ3n) is 6.20. The van der Waals surface area contributed by atoms with Crippen molar-refractivity contribution in [2.75, 3.05) is 0 Å². The molecule has 3 aromatic heterocycles. The van der Waals surface area contributed by atoms with Crippen LogP contribution in [0.25, 0.3) is 22.1 Å². The van der Waals surface area contributed by atoms with Crippen LogP contribution < -0.4 is 0 Å². The first kappa shape index (κ1) is 16.2. The summed E-state index contributed by atoms with van der Waals surface area (Å²) in [5.74, 6) is 2.28. The van der Waals surface area contributed by atoms with Gasteiger partial charge in [-0.1, -0.05) is 6.07 Å². The number of pyridine rings is 2. The Morgan fingerprint density at radius 2 is 1.89 bits per heavy atom. The third-order valence-corrected chi connectivity index (χ3v) is 6.20. The minimum atomic E-state index is -0.212. The number of benzene rings is 1.